The summed E-state index contributed by atoms with van der Waals surface area (Å²) in [5, 5.41) is 0. The van der Waals surface area contributed by atoms with Gasteiger partial charge in [0.05, 0.1) is 12.8 Å². The molecule has 2 aliphatic heterocycles. The molecule has 4 rings (SSSR count). The third-order valence-electron chi connectivity index (χ3n) is 5.18. The summed E-state index contributed by atoms with van der Waals surface area (Å²) in [5.74, 6) is 1.94. The smallest absolute Gasteiger partial charge is 0.225 e. The number of aromatic nitrogens is 2. The maximum absolute atomic E-state index is 5.46. The van der Waals surface area contributed by atoms with Crippen LogP contribution in [0.1, 0.15) is 18.6 Å². The van der Waals surface area contributed by atoms with Crippen LogP contribution in [0.2, 0.25) is 0 Å². The minimum Gasteiger partial charge on any atom is -0.468 e. The van der Waals surface area contributed by atoms with E-state index in [1.165, 1.54) is 12.8 Å². The summed E-state index contributed by atoms with van der Waals surface area (Å²) in [7, 11) is 0. The van der Waals surface area contributed by atoms with Crippen molar-refractivity contribution in [2.75, 3.05) is 44.2 Å². The van der Waals surface area contributed by atoms with Crippen LogP contribution in [0.15, 0.2) is 41.3 Å². The van der Waals surface area contributed by atoms with E-state index in [4.69, 9.17) is 4.42 Å². The maximum Gasteiger partial charge on any atom is 0.225 e. The highest BCUT2D eigenvalue weighted by molar-refractivity contribution is 5.29. The van der Waals surface area contributed by atoms with Crippen molar-refractivity contribution in [2.24, 2.45) is 0 Å². The highest BCUT2D eigenvalue weighted by Crippen LogP contribution is 2.21. The third-order valence-corrected chi connectivity index (χ3v) is 5.18. The summed E-state index contributed by atoms with van der Waals surface area (Å²) in [6.07, 6.45) is 7.91. The second-order valence-corrected chi connectivity index (χ2v) is 6.66. The summed E-state index contributed by atoms with van der Waals surface area (Å²) in [5.41, 5.74) is 0. The molecule has 0 spiro atoms. The summed E-state index contributed by atoms with van der Waals surface area (Å²) >= 11 is 0. The summed E-state index contributed by atoms with van der Waals surface area (Å²) in [4.78, 5) is 16.2. The highest BCUT2D eigenvalue weighted by Gasteiger charge is 2.28. The van der Waals surface area contributed by atoms with E-state index in [1.54, 1.807) is 6.26 Å². The summed E-state index contributed by atoms with van der Waals surface area (Å²) < 4.78 is 5.46. The topological polar surface area (TPSA) is 48.6 Å². The van der Waals surface area contributed by atoms with E-state index in [9.17, 15) is 0 Å². The lowest BCUT2D eigenvalue weighted by atomic mass is 10.0. The number of rotatable bonds is 4. The Bertz CT molecular complexity index is 602. The molecule has 0 radical (unpaired) electrons. The maximum atomic E-state index is 5.46. The Morgan fingerprint density at radius 1 is 0.958 bits per heavy atom. The SMILES string of the molecule is c1cnc(N2CCN(C3CCN(Cc4ccco4)CC3)CC2)nc1. The molecule has 6 nitrogen and oxygen atoms in total. The Kier molecular flexibility index (Phi) is 4.76. The molecule has 0 atom stereocenters. The number of hydrogen-bond donors (Lipinski definition) is 0. The second kappa shape index (κ2) is 7.32. The standard InChI is InChI=1S/C18H25N5O/c1-3-17(24-14-1)15-21-8-4-16(5-9-21)22-10-12-23(13-11-22)18-19-6-2-7-20-18/h1-3,6-7,14,16H,4-5,8-13,15H2. The lowest BCUT2D eigenvalue weighted by Gasteiger charge is -2.42. The van der Waals surface area contributed by atoms with Crippen LogP contribution in [-0.2, 0) is 6.54 Å². The molecule has 4 heterocycles. The zero-order valence-electron chi connectivity index (χ0n) is 14.0. The molecule has 24 heavy (non-hydrogen) atoms. The van der Waals surface area contributed by atoms with E-state index < -0.39 is 0 Å². The fourth-order valence-corrected chi connectivity index (χ4v) is 3.81. The van der Waals surface area contributed by atoms with Crippen molar-refractivity contribution in [2.45, 2.75) is 25.4 Å². The molecule has 6 heteroatoms. The molecule has 128 valence electrons. The Balaban J connectivity index is 1.24. The van der Waals surface area contributed by atoms with Gasteiger partial charge in [0.25, 0.3) is 0 Å². The van der Waals surface area contributed by atoms with Crippen molar-refractivity contribution < 1.29 is 4.42 Å². The van der Waals surface area contributed by atoms with Crippen molar-refractivity contribution in [3.05, 3.63) is 42.6 Å². The van der Waals surface area contributed by atoms with Crippen LogP contribution in [0.3, 0.4) is 0 Å². The minimum atomic E-state index is 0.719. The number of hydrogen-bond acceptors (Lipinski definition) is 6. The molecule has 0 unspecified atom stereocenters. The van der Waals surface area contributed by atoms with Crippen molar-refractivity contribution in [1.29, 1.82) is 0 Å². The molecule has 2 aromatic rings. The van der Waals surface area contributed by atoms with E-state index in [1.807, 2.05) is 24.5 Å². The summed E-state index contributed by atoms with van der Waals surface area (Å²) in [6, 6.07) is 6.63. The fraction of sp³-hybridized carbons (Fsp3) is 0.556. The second-order valence-electron chi connectivity index (χ2n) is 6.66. The average Bonchev–Trinajstić information content (AvgIpc) is 3.16. The molecule has 2 saturated heterocycles. The molecule has 2 aliphatic rings. The van der Waals surface area contributed by atoms with E-state index in [0.717, 1.165) is 63.6 Å². The van der Waals surface area contributed by atoms with Crippen LogP contribution in [0.25, 0.3) is 0 Å². The fourth-order valence-electron chi connectivity index (χ4n) is 3.81. The zero-order valence-corrected chi connectivity index (χ0v) is 14.0. The Morgan fingerprint density at radius 3 is 2.38 bits per heavy atom. The number of likely N-dealkylation sites (tertiary alicyclic amines) is 1. The Morgan fingerprint density at radius 2 is 1.71 bits per heavy atom. The first-order chi connectivity index (χ1) is 11.9. The molecule has 2 fully saturated rings. The van der Waals surface area contributed by atoms with Gasteiger partial charge < -0.3 is 9.32 Å². The van der Waals surface area contributed by atoms with Gasteiger partial charge in [-0.15, -0.1) is 0 Å². The van der Waals surface area contributed by atoms with Gasteiger partial charge in [0.2, 0.25) is 5.95 Å². The molecule has 0 bridgehead atoms. The monoisotopic (exact) mass is 327 g/mol. The predicted octanol–water partition coefficient (Wildman–Crippen LogP) is 1.86. The quantitative estimate of drug-likeness (QED) is 0.854. The van der Waals surface area contributed by atoms with Gasteiger partial charge in [-0.05, 0) is 31.0 Å². The van der Waals surface area contributed by atoms with E-state index >= 15 is 0 Å². The first-order valence-corrected chi connectivity index (χ1v) is 8.89. The van der Waals surface area contributed by atoms with E-state index in [-0.39, 0.29) is 0 Å². The normalized spacial score (nSPS) is 21.2. The number of piperidine rings is 1. The predicted molar refractivity (Wildman–Crippen MR) is 92.8 cm³/mol. The van der Waals surface area contributed by atoms with Crippen molar-refractivity contribution in [3.8, 4) is 0 Å². The number of anilines is 1. The number of nitrogens with zero attached hydrogens (tertiary/aromatic N) is 5. The molecule has 0 amide bonds. The third kappa shape index (κ3) is 3.60. The zero-order chi connectivity index (χ0) is 16.2. The summed E-state index contributed by atoms with van der Waals surface area (Å²) in [6.45, 7) is 7.54. The molecule has 2 aromatic heterocycles. The van der Waals surface area contributed by atoms with Gasteiger partial charge in [-0.25, -0.2) is 9.97 Å². The van der Waals surface area contributed by atoms with Gasteiger partial charge in [0.15, 0.2) is 0 Å². The van der Waals surface area contributed by atoms with Crippen LogP contribution >= 0.6 is 0 Å². The average molecular weight is 327 g/mol. The highest BCUT2D eigenvalue weighted by atomic mass is 16.3. The number of piperazine rings is 1. The molecule has 0 aromatic carbocycles. The van der Waals surface area contributed by atoms with Crippen molar-refractivity contribution >= 4 is 5.95 Å². The van der Waals surface area contributed by atoms with Gasteiger partial charge in [-0.1, -0.05) is 0 Å². The van der Waals surface area contributed by atoms with Crippen LogP contribution in [0.5, 0.6) is 0 Å². The van der Waals surface area contributed by atoms with Crippen molar-refractivity contribution in [1.82, 2.24) is 19.8 Å². The van der Waals surface area contributed by atoms with Crippen LogP contribution in [0.4, 0.5) is 5.95 Å². The van der Waals surface area contributed by atoms with E-state index in [2.05, 4.69) is 30.7 Å². The van der Waals surface area contributed by atoms with Crippen LogP contribution in [0, 0.1) is 0 Å². The molecular formula is C18H25N5O. The Hall–Kier alpha value is -1.92. The molecule has 0 N–H and O–H groups in total. The van der Waals surface area contributed by atoms with E-state index in [0.29, 0.717) is 0 Å². The van der Waals surface area contributed by atoms with Crippen molar-refractivity contribution in [3.63, 3.8) is 0 Å². The lowest BCUT2D eigenvalue weighted by molar-refractivity contribution is 0.0960. The first kappa shape index (κ1) is 15.6. The van der Waals surface area contributed by atoms with Gasteiger partial charge in [0.1, 0.15) is 5.76 Å². The van der Waals surface area contributed by atoms with Crippen LogP contribution < -0.4 is 4.90 Å². The van der Waals surface area contributed by atoms with Crippen LogP contribution in [-0.4, -0.2) is 65.1 Å². The van der Waals surface area contributed by atoms with Gasteiger partial charge in [-0.3, -0.25) is 9.80 Å². The largest absolute Gasteiger partial charge is 0.468 e. The molecule has 0 saturated carbocycles. The van der Waals surface area contributed by atoms with Gasteiger partial charge in [0, 0.05) is 57.7 Å². The first-order valence-electron chi connectivity index (χ1n) is 8.89. The minimum absolute atomic E-state index is 0.719. The Labute approximate surface area is 143 Å². The molecule has 0 aliphatic carbocycles. The number of furan rings is 1. The van der Waals surface area contributed by atoms with Gasteiger partial charge in [-0.2, -0.15) is 0 Å². The van der Waals surface area contributed by atoms with Gasteiger partial charge >= 0.3 is 0 Å². The lowest BCUT2D eigenvalue weighted by Crippen LogP contribution is -2.53. The molecular weight excluding hydrogens is 302 g/mol.